The highest BCUT2D eigenvalue weighted by atomic mass is 16.6. The maximum absolute atomic E-state index is 12.0. The lowest BCUT2D eigenvalue weighted by molar-refractivity contribution is -0.384. The van der Waals surface area contributed by atoms with Crippen molar-refractivity contribution < 1.29 is 9.72 Å². The number of amides is 1. The lowest BCUT2D eigenvalue weighted by Gasteiger charge is -2.07. The number of hydrogen-bond donors (Lipinski definition) is 2. The van der Waals surface area contributed by atoms with Gasteiger partial charge in [0.05, 0.1) is 16.8 Å². The Kier molecular flexibility index (Phi) is 6.35. The highest BCUT2D eigenvalue weighted by Crippen LogP contribution is 2.15. The minimum Gasteiger partial charge on any atom is -0.383 e. The van der Waals surface area contributed by atoms with Gasteiger partial charge in [0.15, 0.2) is 0 Å². The summed E-state index contributed by atoms with van der Waals surface area (Å²) in [6.45, 7) is 1.01. The van der Waals surface area contributed by atoms with Crippen LogP contribution in [0.4, 0.5) is 11.4 Å². The van der Waals surface area contributed by atoms with E-state index in [1.165, 1.54) is 12.1 Å². The average molecular weight is 379 g/mol. The van der Waals surface area contributed by atoms with Gasteiger partial charge < -0.3 is 10.6 Å². The van der Waals surface area contributed by atoms with Crippen molar-refractivity contribution >= 4 is 17.3 Å². The minimum atomic E-state index is -0.437. The van der Waals surface area contributed by atoms with Crippen LogP contribution in [0.25, 0.3) is 5.69 Å². The quantitative estimate of drug-likeness (QED) is 0.338. The second kappa shape index (κ2) is 9.31. The van der Waals surface area contributed by atoms with E-state index in [2.05, 4.69) is 15.7 Å². The fourth-order valence-electron chi connectivity index (χ4n) is 2.67. The molecule has 2 aromatic carbocycles. The fraction of sp³-hybridized carbons (Fsp3) is 0.200. The summed E-state index contributed by atoms with van der Waals surface area (Å²) < 4.78 is 1.79. The van der Waals surface area contributed by atoms with Crippen LogP contribution in [0.15, 0.2) is 67.0 Å². The number of non-ortho nitro benzene ring substituents is 1. The van der Waals surface area contributed by atoms with Gasteiger partial charge in [0.25, 0.3) is 5.69 Å². The summed E-state index contributed by atoms with van der Waals surface area (Å²) in [5.41, 5.74) is 2.81. The number of nitrogens with one attached hydrogen (secondary N) is 2. The Labute approximate surface area is 162 Å². The Balaban J connectivity index is 1.36. The Morgan fingerprint density at radius 3 is 2.54 bits per heavy atom. The summed E-state index contributed by atoms with van der Waals surface area (Å²) in [5, 5.41) is 20.9. The van der Waals surface area contributed by atoms with Gasteiger partial charge in [0, 0.05) is 43.5 Å². The van der Waals surface area contributed by atoms with E-state index in [0.717, 1.165) is 16.9 Å². The first kappa shape index (κ1) is 19.1. The van der Waals surface area contributed by atoms with Gasteiger partial charge in [0.1, 0.15) is 0 Å². The molecular weight excluding hydrogens is 358 g/mol. The molecule has 8 heteroatoms. The first-order chi connectivity index (χ1) is 13.6. The molecule has 0 fully saturated rings. The van der Waals surface area contributed by atoms with E-state index in [0.29, 0.717) is 25.9 Å². The number of hydrogen-bond acceptors (Lipinski definition) is 5. The van der Waals surface area contributed by atoms with Crippen LogP contribution in [0.2, 0.25) is 0 Å². The normalized spacial score (nSPS) is 10.4. The Morgan fingerprint density at radius 1 is 1.07 bits per heavy atom. The van der Waals surface area contributed by atoms with Crippen molar-refractivity contribution in [2.75, 3.05) is 18.4 Å². The zero-order valence-electron chi connectivity index (χ0n) is 15.2. The predicted octanol–water partition coefficient (Wildman–Crippen LogP) is 2.94. The standard InChI is InChI=1S/C20H21N5O3/c26-20(22-13-12-21-17-7-9-19(10-8-17)25(27)28)11-6-16-14-23-24(15-16)18-4-2-1-3-5-18/h1-5,7-10,14-15,21H,6,11-13H2,(H,22,26). The number of carbonyl (C=O) groups is 1. The van der Waals surface area contributed by atoms with Crippen LogP contribution >= 0.6 is 0 Å². The number of rotatable bonds is 9. The molecule has 0 atom stereocenters. The summed E-state index contributed by atoms with van der Waals surface area (Å²) >= 11 is 0. The van der Waals surface area contributed by atoms with Crippen molar-refractivity contribution in [2.24, 2.45) is 0 Å². The van der Waals surface area contributed by atoms with Gasteiger partial charge in [-0.15, -0.1) is 0 Å². The molecule has 28 heavy (non-hydrogen) atoms. The van der Waals surface area contributed by atoms with Crippen LogP contribution in [-0.2, 0) is 11.2 Å². The highest BCUT2D eigenvalue weighted by molar-refractivity contribution is 5.76. The van der Waals surface area contributed by atoms with Gasteiger partial charge in [-0.05, 0) is 36.2 Å². The smallest absolute Gasteiger partial charge is 0.269 e. The molecule has 0 radical (unpaired) electrons. The van der Waals surface area contributed by atoms with E-state index in [1.54, 1.807) is 23.0 Å². The number of anilines is 1. The SMILES string of the molecule is O=C(CCc1cnn(-c2ccccc2)c1)NCCNc1ccc([N+](=O)[O-])cc1. The first-order valence-corrected chi connectivity index (χ1v) is 8.96. The van der Waals surface area contributed by atoms with Crippen molar-refractivity contribution in [3.63, 3.8) is 0 Å². The molecule has 3 aromatic rings. The highest BCUT2D eigenvalue weighted by Gasteiger charge is 2.06. The molecule has 0 spiro atoms. The van der Waals surface area contributed by atoms with Gasteiger partial charge >= 0.3 is 0 Å². The van der Waals surface area contributed by atoms with E-state index in [-0.39, 0.29) is 11.6 Å². The summed E-state index contributed by atoms with van der Waals surface area (Å²) in [4.78, 5) is 22.2. The summed E-state index contributed by atoms with van der Waals surface area (Å²) in [6.07, 6.45) is 4.71. The monoisotopic (exact) mass is 379 g/mol. The van der Waals surface area contributed by atoms with Gasteiger partial charge in [-0.25, -0.2) is 4.68 Å². The molecule has 144 valence electrons. The molecule has 0 aliphatic heterocycles. The number of carbonyl (C=O) groups excluding carboxylic acids is 1. The van der Waals surface area contributed by atoms with Crippen LogP contribution in [-0.4, -0.2) is 33.7 Å². The lowest BCUT2D eigenvalue weighted by atomic mass is 10.2. The van der Waals surface area contributed by atoms with Crippen LogP contribution < -0.4 is 10.6 Å². The summed E-state index contributed by atoms with van der Waals surface area (Å²) in [6, 6.07) is 16.0. The molecule has 1 aromatic heterocycles. The van der Waals surface area contributed by atoms with Crippen LogP contribution in [0.1, 0.15) is 12.0 Å². The van der Waals surface area contributed by atoms with E-state index in [1.807, 2.05) is 36.5 Å². The third-order valence-electron chi connectivity index (χ3n) is 4.15. The zero-order valence-corrected chi connectivity index (χ0v) is 15.2. The molecule has 0 unspecified atom stereocenters. The van der Waals surface area contributed by atoms with Gasteiger partial charge in [-0.3, -0.25) is 14.9 Å². The number of para-hydroxylation sites is 1. The molecule has 0 saturated carbocycles. The van der Waals surface area contributed by atoms with Crippen LogP contribution in [0.3, 0.4) is 0 Å². The van der Waals surface area contributed by atoms with Crippen molar-refractivity contribution in [1.29, 1.82) is 0 Å². The number of aromatic nitrogens is 2. The average Bonchev–Trinajstić information content (AvgIpc) is 3.20. The molecule has 1 amide bonds. The predicted molar refractivity (Wildman–Crippen MR) is 106 cm³/mol. The molecule has 8 nitrogen and oxygen atoms in total. The molecular formula is C20H21N5O3. The van der Waals surface area contributed by atoms with E-state index < -0.39 is 4.92 Å². The first-order valence-electron chi connectivity index (χ1n) is 8.96. The van der Waals surface area contributed by atoms with Crippen LogP contribution in [0.5, 0.6) is 0 Å². The largest absolute Gasteiger partial charge is 0.383 e. The van der Waals surface area contributed by atoms with E-state index in [9.17, 15) is 14.9 Å². The topological polar surface area (TPSA) is 102 Å². The van der Waals surface area contributed by atoms with E-state index in [4.69, 9.17) is 0 Å². The van der Waals surface area contributed by atoms with Gasteiger partial charge in [0.2, 0.25) is 5.91 Å². The maximum atomic E-state index is 12.0. The van der Waals surface area contributed by atoms with Crippen molar-refractivity contribution in [1.82, 2.24) is 15.1 Å². The van der Waals surface area contributed by atoms with Crippen molar-refractivity contribution in [3.05, 3.63) is 82.7 Å². The third kappa shape index (κ3) is 5.41. The number of aryl methyl sites for hydroxylation is 1. The molecule has 0 bridgehead atoms. The number of nitrogens with zero attached hydrogens (tertiary/aromatic N) is 3. The Bertz CT molecular complexity index is 923. The molecule has 0 aliphatic carbocycles. The van der Waals surface area contributed by atoms with Crippen LogP contribution in [0, 0.1) is 10.1 Å². The Hall–Kier alpha value is -3.68. The van der Waals surface area contributed by atoms with Crippen molar-refractivity contribution in [3.8, 4) is 5.69 Å². The number of nitro benzene ring substituents is 1. The molecule has 3 rings (SSSR count). The van der Waals surface area contributed by atoms with E-state index >= 15 is 0 Å². The number of benzene rings is 2. The molecule has 2 N–H and O–H groups in total. The molecule has 0 aliphatic rings. The summed E-state index contributed by atoms with van der Waals surface area (Å²) in [7, 11) is 0. The Morgan fingerprint density at radius 2 is 1.82 bits per heavy atom. The molecule has 1 heterocycles. The zero-order chi connectivity index (χ0) is 19.8. The van der Waals surface area contributed by atoms with Crippen molar-refractivity contribution in [2.45, 2.75) is 12.8 Å². The minimum absolute atomic E-state index is 0.0297. The lowest BCUT2D eigenvalue weighted by Crippen LogP contribution is -2.28. The fourth-order valence-corrected chi connectivity index (χ4v) is 2.67. The molecule has 0 saturated heterocycles. The van der Waals surface area contributed by atoms with Gasteiger partial charge in [-0.2, -0.15) is 5.10 Å². The maximum Gasteiger partial charge on any atom is 0.269 e. The summed E-state index contributed by atoms with van der Waals surface area (Å²) in [5.74, 6) is -0.0297. The van der Waals surface area contributed by atoms with Gasteiger partial charge in [-0.1, -0.05) is 18.2 Å². The second-order valence-corrected chi connectivity index (χ2v) is 6.21. The third-order valence-corrected chi connectivity index (χ3v) is 4.15. The number of nitro groups is 1. The second-order valence-electron chi connectivity index (χ2n) is 6.21.